The van der Waals surface area contributed by atoms with E-state index in [2.05, 4.69) is 6.07 Å². The number of fused-ring (bicyclic) bond motifs is 1. The lowest BCUT2D eigenvalue weighted by Gasteiger charge is -2.20. The number of hydrogen-bond donors (Lipinski definition) is 1. The topological polar surface area (TPSA) is 51.5 Å². The molecule has 1 heterocycles. The van der Waals surface area contributed by atoms with Gasteiger partial charge in [-0.1, -0.05) is 66.1 Å². The van der Waals surface area contributed by atoms with E-state index in [-0.39, 0.29) is 11.8 Å². The molecule has 0 unspecified atom stereocenters. The fraction of sp³-hybridized carbons (Fsp3) is 0.233. The number of esters is 1. The van der Waals surface area contributed by atoms with Crippen LogP contribution in [0.5, 0.6) is 5.88 Å². The Morgan fingerprint density at radius 2 is 1.69 bits per heavy atom. The molecule has 5 heteroatoms. The van der Waals surface area contributed by atoms with E-state index in [9.17, 15) is 9.90 Å². The number of rotatable bonds is 5. The SMILES string of the molecule is COC(=O)c1cccc(Cn2c(O)c(C(=C3CCCCC3)c3ccc(Cl)cc3)c3ccccc32)c1. The molecule has 1 aromatic heterocycles. The number of benzene rings is 3. The van der Waals surface area contributed by atoms with E-state index in [0.29, 0.717) is 17.1 Å². The van der Waals surface area contributed by atoms with Gasteiger partial charge in [-0.05, 0) is 72.7 Å². The normalized spacial score (nSPS) is 13.7. The van der Waals surface area contributed by atoms with Crippen molar-refractivity contribution >= 4 is 34.0 Å². The van der Waals surface area contributed by atoms with Gasteiger partial charge in [0.2, 0.25) is 5.88 Å². The van der Waals surface area contributed by atoms with Gasteiger partial charge in [0.25, 0.3) is 0 Å². The summed E-state index contributed by atoms with van der Waals surface area (Å²) in [5.41, 5.74) is 6.77. The molecule has 1 aliphatic carbocycles. The van der Waals surface area contributed by atoms with Gasteiger partial charge in [0.05, 0.1) is 30.3 Å². The number of carbonyl (C=O) groups excluding carboxylic acids is 1. The molecule has 0 radical (unpaired) electrons. The Kier molecular flexibility index (Phi) is 6.65. The van der Waals surface area contributed by atoms with E-state index in [1.54, 1.807) is 6.07 Å². The second kappa shape index (κ2) is 10.0. The molecule has 1 saturated carbocycles. The third kappa shape index (κ3) is 4.59. The molecular weight excluding hydrogens is 458 g/mol. The molecule has 0 atom stereocenters. The molecule has 4 nitrogen and oxygen atoms in total. The Morgan fingerprint density at radius 3 is 2.43 bits per heavy atom. The fourth-order valence-electron chi connectivity index (χ4n) is 5.16. The van der Waals surface area contributed by atoms with E-state index in [1.807, 2.05) is 65.2 Å². The summed E-state index contributed by atoms with van der Waals surface area (Å²) >= 11 is 6.21. The Bertz CT molecular complexity index is 1410. The molecule has 0 aliphatic heterocycles. The van der Waals surface area contributed by atoms with Crippen LogP contribution in [0.1, 0.15) is 59.2 Å². The molecule has 0 amide bonds. The van der Waals surface area contributed by atoms with Gasteiger partial charge >= 0.3 is 5.97 Å². The van der Waals surface area contributed by atoms with Crippen LogP contribution in [-0.2, 0) is 11.3 Å². The molecule has 0 bridgehead atoms. The van der Waals surface area contributed by atoms with Gasteiger partial charge in [-0.3, -0.25) is 0 Å². The predicted octanol–water partition coefficient (Wildman–Crippen LogP) is 7.60. The van der Waals surface area contributed by atoms with Gasteiger partial charge in [0, 0.05) is 10.4 Å². The van der Waals surface area contributed by atoms with Crippen LogP contribution in [0, 0.1) is 0 Å². The second-order valence-electron chi connectivity index (χ2n) is 9.04. The number of ether oxygens (including phenoxy) is 1. The summed E-state index contributed by atoms with van der Waals surface area (Å²) in [6.45, 7) is 0.431. The molecule has 3 aromatic carbocycles. The Hall–Kier alpha value is -3.50. The summed E-state index contributed by atoms with van der Waals surface area (Å²) in [5.74, 6) is -0.140. The van der Waals surface area contributed by atoms with Crippen molar-refractivity contribution in [3.05, 3.63) is 106 Å². The number of para-hydroxylation sites is 1. The summed E-state index contributed by atoms with van der Waals surface area (Å²) in [5, 5.41) is 13.4. The van der Waals surface area contributed by atoms with Gasteiger partial charge < -0.3 is 14.4 Å². The first kappa shape index (κ1) is 23.3. The highest BCUT2D eigenvalue weighted by atomic mass is 35.5. The van der Waals surface area contributed by atoms with Crippen LogP contribution in [0.25, 0.3) is 16.5 Å². The third-order valence-electron chi connectivity index (χ3n) is 6.83. The summed E-state index contributed by atoms with van der Waals surface area (Å²) in [6, 6.07) is 23.4. The van der Waals surface area contributed by atoms with Crippen LogP contribution in [0.15, 0.2) is 78.4 Å². The maximum absolute atomic E-state index is 12.1. The average molecular weight is 486 g/mol. The number of methoxy groups -OCH3 is 1. The van der Waals surface area contributed by atoms with Crippen LogP contribution in [0.2, 0.25) is 5.02 Å². The highest BCUT2D eigenvalue weighted by molar-refractivity contribution is 6.30. The number of aromatic hydroxyl groups is 1. The first-order valence-electron chi connectivity index (χ1n) is 12.0. The average Bonchev–Trinajstić information content (AvgIpc) is 3.17. The van der Waals surface area contributed by atoms with Gasteiger partial charge in [-0.15, -0.1) is 0 Å². The highest BCUT2D eigenvalue weighted by Crippen LogP contribution is 2.44. The zero-order valence-corrected chi connectivity index (χ0v) is 20.5. The number of hydrogen-bond acceptors (Lipinski definition) is 3. The zero-order chi connectivity index (χ0) is 24.4. The standard InChI is InChI=1S/C30H28ClNO3/c1-35-30(34)23-11-7-8-20(18-23)19-32-26-13-6-5-12-25(26)28(29(32)33)27(21-9-3-2-4-10-21)22-14-16-24(31)17-15-22/h5-8,11-18,33H,2-4,9-10,19H2,1H3. The summed E-state index contributed by atoms with van der Waals surface area (Å²) < 4.78 is 6.82. The van der Waals surface area contributed by atoms with Crippen molar-refractivity contribution in [1.82, 2.24) is 4.57 Å². The summed E-state index contributed by atoms with van der Waals surface area (Å²) in [7, 11) is 1.38. The largest absolute Gasteiger partial charge is 0.494 e. The Labute approximate surface area is 210 Å². The lowest BCUT2D eigenvalue weighted by molar-refractivity contribution is 0.0600. The predicted molar refractivity (Wildman–Crippen MR) is 141 cm³/mol. The van der Waals surface area contributed by atoms with Crippen molar-refractivity contribution in [1.29, 1.82) is 0 Å². The monoisotopic (exact) mass is 485 g/mol. The molecule has 0 spiro atoms. The van der Waals surface area contributed by atoms with Crippen LogP contribution >= 0.6 is 11.6 Å². The van der Waals surface area contributed by atoms with E-state index in [1.165, 1.54) is 19.1 Å². The molecule has 4 aromatic rings. The minimum atomic E-state index is -0.374. The van der Waals surface area contributed by atoms with Crippen LogP contribution in [0.4, 0.5) is 0 Å². The molecule has 5 rings (SSSR count). The van der Waals surface area contributed by atoms with E-state index >= 15 is 0 Å². The van der Waals surface area contributed by atoms with E-state index < -0.39 is 0 Å². The number of halogens is 1. The maximum atomic E-state index is 12.1. The fourth-order valence-corrected chi connectivity index (χ4v) is 5.29. The van der Waals surface area contributed by atoms with Gasteiger partial charge in [0.15, 0.2) is 0 Å². The van der Waals surface area contributed by atoms with Gasteiger partial charge in [-0.2, -0.15) is 0 Å². The van der Waals surface area contributed by atoms with Crippen molar-refractivity contribution in [2.24, 2.45) is 0 Å². The zero-order valence-electron chi connectivity index (χ0n) is 19.8. The number of allylic oxidation sites excluding steroid dienone is 1. The van der Waals surface area contributed by atoms with Crippen LogP contribution in [-0.4, -0.2) is 22.8 Å². The van der Waals surface area contributed by atoms with Crippen molar-refractivity contribution in [3.63, 3.8) is 0 Å². The maximum Gasteiger partial charge on any atom is 0.337 e. The first-order valence-corrected chi connectivity index (χ1v) is 12.4. The highest BCUT2D eigenvalue weighted by Gasteiger charge is 2.24. The number of carbonyl (C=O) groups is 1. The summed E-state index contributed by atoms with van der Waals surface area (Å²) in [6.07, 6.45) is 5.61. The van der Waals surface area contributed by atoms with Crippen LogP contribution in [0.3, 0.4) is 0 Å². The lowest BCUT2D eigenvalue weighted by Crippen LogP contribution is -2.04. The van der Waals surface area contributed by atoms with Crippen molar-refractivity contribution < 1.29 is 14.6 Å². The number of aromatic nitrogens is 1. The third-order valence-corrected chi connectivity index (χ3v) is 7.08. The van der Waals surface area contributed by atoms with Crippen molar-refractivity contribution in [2.45, 2.75) is 38.6 Å². The quantitative estimate of drug-likeness (QED) is 0.296. The Balaban J connectivity index is 1.69. The lowest BCUT2D eigenvalue weighted by atomic mass is 9.85. The molecule has 178 valence electrons. The smallest absolute Gasteiger partial charge is 0.337 e. The van der Waals surface area contributed by atoms with Crippen molar-refractivity contribution in [2.75, 3.05) is 7.11 Å². The van der Waals surface area contributed by atoms with Gasteiger partial charge in [0.1, 0.15) is 0 Å². The minimum Gasteiger partial charge on any atom is -0.494 e. The molecule has 35 heavy (non-hydrogen) atoms. The molecular formula is C30H28ClNO3. The first-order chi connectivity index (χ1) is 17.1. The van der Waals surface area contributed by atoms with E-state index in [4.69, 9.17) is 16.3 Å². The molecule has 0 saturated heterocycles. The minimum absolute atomic E-state index is 0.234. The molecule has 1 N–H and O–H groups in total. The van der Waals surface area contributed by atoms with Crippen molar-refractivity contribution in [3.8, 4) is 5.88 Å². The Morgan fingerprint density at radius 1 is 0.943 bits per heavy atom. The van der Waals surface area contributed by atoms with Gasteiger partial charge in [-0.25, -0.2) is 4.79 Å². The van der Waals surface area contributed by atoms with E-state index in [0.717, 1.165) is 58.8 Å². The van der Waals surface area contributed by atoms with Crippen LogP contribution < -0.4 is 0 Å². The molecule has 1 fully saturated rings. The second-order valence-corrected chi connectivity index (χ2v) is 9.48. The summed E-state index contributed by atoms with van der Waals surface area (Å²) in [4.78, 5) is 12.1. The molecule has 1 aliphatic rings. The number of nitrogens with zero attached hydrogens (tertiary/aromatic N) is 1.